The molecule has 0 saturated heterocycles. The maximum atomic E-state index is 15.1. The van der Waals surface area contributed by atoms with E-state index in [9.17, 15) is 22.4 Å². The Labute approximate surface area is 217 Å². The Morgan fingerprint density at radius 3 is 2.47 bits per heavy atom. The predicted octanol–water partition coefficient (Wildman–Crippen LogP) is 3.42. The molecular formula is C24H20F2IN3O5S. The van der Waals surface area contributed by atoms with Crippen LogP contribution >= 0.6 is 22.6 Å². The topological polar surface area (TPSA) is 92.3 Å². The van der Waals surface area contributed by atoms with Gasteiger partial charge in [-0.05, 0) is 71.8 Å². The number of benzene rings is 2. The molecule has 0 spiro atoms. The van der Waals surface area contributed by atoms with Crippen LogP contribution in [0.15, 0.2) is 52.1 Å². The molecule has 4 aromatic rings. The molecular weight excluding hydrogens is 607 g/mol. The molecule has 8 nitrogen and oxygen atoms in total. The lowest BCUT2D eigenvalue weighted by atomic mass is 10.1. The second-order valence-electron chi connectivity index (χ2n) is 8.65. The van der Waals surface area contributed by atoms with Crippen LogP contribution in [-0.4, -0.2) is 33.9 Å². The van der Waals surface area contributed by atoms with Gasteiger partial charge in [0, 0.05) is 16.5 Å². The Balaban J connectivity index is 1.85. The summed E-state index contributed by atoms with van der Waals surface area (Å²) in [6.45, 7) is 1.46. The fraction of sp³-hybridized carbons (Fsp3) is 0.250. The van der Waals surface area contributed by atoms with Crippen molar-refractivity contribution in [2.45, 2.75) is 24.5 Å². The van der Waals surface area contributed by atoms with Crippen LogP contribution in [0.5, 0.6) is 5.75 Å². The zero-order valence-electron chi connectivity index (χ0n) is 19.3. The number of aryl methyl sites for hydroxylation is 1. The number of pyridine rings is 1. The summed E-state index contributed by atoms with van der Waals surface area (Å²) in [6, 6.07) is 9.76. The molecule has 1 saturated carbocycles. The van der Waals surface area contributed by atoms with E-state index in [1.165, 1.54) is 51.4 Å². The smallest absolute Gasteiger partial charge is 0.349 e. The van der Waals surface area contributed by atoms with Gasteiger partial charge in [0.1, 0.15) is 17.2 Å². The first-order chi connectivity index (χ1) is 17.0. The number of methoxy groups -OCH3 is 1. The van der Waals surface area contributed by atoms with Crippen molar-refractivity contribution in [1.29, 1.82) is 0 Å². The Morgan fingerprint density at radius 1 is 1.11 bits per heavy atom. The molecule has 1 aliphatic rings. The van der Waals surface area contributed by atoms with Gasteiger partial charge >= 0.3 is 5.69 Å². The maximum Gasteiger partial charge on any atom is 0.349 e. The van der Waals surface area contributed by atoms with Crippen LogP contribution in [0, 0.1) is 22.1 Å². The third kappa shape index (κ3) is 3.60. The molecule has 0 aliphatic heterocycles. The summed E-state index contributed by atoms with van der Waals surface area (Å²) in [5.41, 5.74) is -1.50. The van der Waals surface area contributed by atoms with Crippen molar-refractivity contribution in [2.24, 2.45) is 7.05 Å². The number of hydrogen-bond acceptors (Lipinski definition) is 5. The molecule has 2 unspecified atom stereocenters. The minimum atomic E-state index is -4.38. The quantitative estimate of drug-likeness (QED) is 0.317. The fourth-order valence-corrected chi connectivity index (χ4v) is 7.15. The van der Waals surface area contributed by atoms with Gasteiger partial charge in [0.25, 0.3) is 5.56 Å². The highest BCUT2D eigenvalue weighted by molar-refractivity contribution is 14.1. The number of halogens is 3. The summed E-state index contributed by atoms with van der Waals surface area (Å²) in [4.78, 5) is 26.7. The molecule has 36 heavy (non-hydrogen) atoms. The number of fused-ring (bicyclic) bond motifs is 1. The van der Waals surface area contributed by atoms with E-state index in [-0.39, 0.29) is 34.6 Å². The van der Waals surface area contributed by atoms with Crippen LogP contribution in [0.25, 0.3) is 16.9 Å². The molecule has 0 bridgehead atoms. The Kier molecular flexibility index (Phi) is 5.86. The maximum absolute atomic E-state index is 15.1. The van der Waals surface area contributed by atoms with E-state index in [1.807, 2.05) is 22.6 Å². The summed E-state index contributed by atoms with van der Waals surface area (Å²) in [5, 5.41) is -1.01. The number of hydrogen-bond donors (Lipinski definition) is 0. The van der Waals surface area contributed by atoms with Crippen LogP contribution < -0.4 is 16.0 Å². The third-order valence-electron chi connectivity index (χ3n) is 6.49. The first-order valence-electron chi connectivity index (χ1n) is 10.8. The van der Waals surface area contributed by atoms with Crippen molar-refractivity contribution in [3.63, 3.8) is 0 Å². The Bertz CT molecular complexity index is 1790. The molecule has 12 heteroatoms. The molecule has 1 fully saturated rings. The van der Waals surface area contributed by atoms with Gasteiger partial charge in [0.15, 0.2) is 11.4 Å². The van der Waals surface area contributed by atoms with Crippen LogP contribution in [0.4, 0.5) is 8.78 Å². The molecule has 5 rings (SSSR count). The fourth-order valence-electron chi connectivity index (χ4n) is 4.69. The zero-order valence-corrected chi connectivity index (χ0v) is 22.3. The SMILES string of the molecule is COc1c(C)c(=O)n(C)c2c1n(S(=O)(=O)C1CC1c1cccc(F)c1)c(=O)n2-c1ccc(I)cc1F. The van der Waals surface area contributed by atoms with Crippen LogP contribution in [-0.2, 0) is 17.1 Å². The predicted molar refractivity (Wildman–Crippen MR) is 139 cm³/mol. The summed E-state index contributed by atoms with van der Waals surface area (Å²) < 4.78 is 65.1. The van der Waals surface area contributed by atoms with Crippen molar-refractivity contribution < 1.29 is 21.9 Å². The highest BCUT2D eigenvalue weighted by Crippen LogP contribution is 2.47. The van der Waals surface area contributed by atoms with Crippen LogP contribution in [0.1, 0.15) is 23.5 Å². The van der Waals surface area contributed by atoms with Crippen molar-refractivity contribution in [3.8, 4) is 11.4 Å². The van der Waals surface area contributed by atoms with Gasteiger partial charge < -0.3 is 4.74 Å². The van der Waals surface area contributed by atoms with Crippen molar-refractivity contribution in [2.75, 3.05) is 7.11 Å². The second-order valence-corrected chi connectivity index (χ2v) is 11.9. The number of aromatic nitrogens is 3. The molecule has 2 aromatic heterocycles. The summed E-state index contributed by atoms with van der Waals surface area (Å²) >= 11 is 1.91. The van der Waals surface area contributed by atoms with Crippen molar-refractivity contribution >= 4 is 43.8 Å². The molecule has 2 aromatic carbocycles. The molecule has 0 radical (unpaired) electrons. The number of ether oxygens (including phenoxy) is 1. The lowest BCUT2D eigenvalue weighted by molar-refractivity contribution is 0.413. The van der Waals surface area contributed by atoms with E-state index in [1.54, 1.807) is 12.1 Å². The monoisotopic (exact) mass is 627 g/mol. The average Bonchev–Trinajstić information content (AvgIpc) is 3.58. The van der Waals surface area contributed by atoms with E-state index in [0.29, 0.717) is 13.1 Å². The average molecular weight is 627 g/mol. The van der Waals surface area contributed by atoms with E-state index in [2.05, 4.69) is 0 Å². The zero-order chi connectivity index (χ0) is 26.1. The number of nitrogens with zero attached hydrogens (tertiary/aromatic N) is 3. The number of imidazole rings is 1. The summed E-state index contributed by atoms with van der Waals surface area (Å²) in [5.74, 6) is -1.88. The molecule has 0 amide bonds. The largest absolute Gasteiger partial charge is 0.494 e. The van der Waals surface area contributed by atoms with Gasteiger partial charge in [-0.25, -0.2) is 26.6 Å². The van der Waals surface area contributed by atoms with Gasteiger partial charge in [-0.3, -0.25) is 9.36 Å². The minimum absolute atomic E-state index is 0.0918. The third-order valence-corrected chi connectivity index (χ3v) is 9.30. The van der Waals surface area contributed by atoms with Gasteiger partial charge in [-0.1, -0.05) is 12.1 Å². The molecule has 1 aliphatic carbocycles. The van der Waals surface area contributed by atoms with Gasteiger partial charge in [0.2, 0.25) is 10.0 Å². The highest BCUT2D eigenvalue weighted by Gasteiger charge is 2.51. The second kappa shape index (κ2) is 8.54. The van der Waals surface area contributed by atoms with E-state index in [0.717, 1.165) is 9.13 Å². The standard InChI is InChI=1S/C24H20F2IN3O5S/c1-12-21(35-3)20-22(28(2)23(12)31)29(18-8-7-15(27)10-17(18)26)24(32)30(20)36(33,34)19-11-16(19)13-5-4-6-14(25)9-13/h4-10,16,19H,11H2,1-3H3. The van der Waals surface area contributed by atoms with Gasteiger partial charge in [-0.15, -0.1) is 0 Å². The molecule has 2 atom stereocenters. The van der Waals surface area contributed by atoms with Crippen LogP contribution in [0.3, 0.4) is 0 Å². The first kappa shape index (κ1) is 24.7. The minimum Gasteiger partial charge on any atom is -0.494 e. The molecule has 0 N–H and O–H groups in total. The summed E-state index contributed by atoms with van der Waals surface area (Å²) in [7, 11) is -1.74. The molecule has 2 heterocycles. The van der Waals surface area contributed by atoms with E-state index < -0.39 is 44.1 Å². The summed E-state index contributed by atoms with van der Waals surface area (Å²) in [6.07, 6.45) is 0.176. The van der Waals surface area contributed by atoms with Crippen LogP contribution in [0.2, 0.25) is 0 Å². The van der Waals surface area contributed by atoms with Crippen molar-refractivity contribution in [3.05, 3.63) is 89.6 Å². The van der Waals surface area contributed by atoms with Crippen molar-refractivity contribution in [1.82, 2.24) is 13.1 Å². The van der Waals surface area contributed by atoms with E-state index in [4.69, 9.17) is 4.74 Å². The van der Waals surface area contributed by atoms with E-state index >= 15 is 4.39 Å². The lowest BCUT2D eigenvalue weighted by Gasteiger charge is -2.13. The molecule has 188 valence electrons. The Hall–Kier alpha value is -3.00. The normalized spacial score (nSPS) is 17.5. The highest BCUT2D eigenvalue weighted by atomic mass is 127. The lowest BCUT2D eigenvalue weighted by Crippen LogP contribution is -2.32. The number of rotatable bonds is 5. The van der Waals surface area contributed by atoms with Gasteiger partial charge in [-0.2, -0.15) is 3.97 Å². The van der Waals surface area contributed by atoms with Gasteiger partial charge in [0.05, 0.1) is 23.6 Å². The first-order valence-corrected chi connectivity index (χ1v) is 13.4. The Morgan fingerprint density at radius 2 is 1.83 bits per heavy atom.